The highest BCUT2D eigenvalue weighted by Crippen LogP contribution is 2.43. The molecule has 0 unspecified atom stereocenters. The molecule has 4 aromatic rings. The topological polar surface area (TPSA) is 103 Å². The van der Waals surface area contributed by atoms with E-state index in [0.717, 1.165) is 33.6 Å². The molecule has 1 heterocycles. The van der Waals surface area contributed by atoms with Crippen LogP contribution in [0.1, 0.15) is 39.8 Å². The first kappa shape index (κ1) is 30.9. The standard InChI is InChI=1S/C36H40N2O6/c1-25-7-5-9-27(19-25)23-43-32-12-4-3-11-29(32)21-38(16-15-31(37)36(39)40)22-30-13-14-33-35(42-18-17-41-33)34(30)44-24-28-10-6-8-26(2)20-28/h3-14,19-20,31H,15-18,21-24,37H2,1-2H3,(H,39,40)/t31-/m0/s1. The fourth-order valence-electron chi connectivity index (χ4n) is 5.25. The van der Waals surface area contributed by atoms with Gasteiger partial charge >= 0.3 is 5.97 Å². The van der Waals surface area contributed by atoms with Crippen LogP contribution in [-0.2, 0) is 31.1 Å². The summed E-state index contributed by atoms with van der Waals surface area (Å²) in [5, 5.41) is 9.48. The molecule has 5 rings (SSSR count). The number of rotatable bonds is 14. The Hall–Kier alpha value is -4.53. The summed E-state index contributed by atoms with van der Waals surface area (Å²) < 4.78 is 24.6. The molecule has 0 aliphatic carbocycles. The van der Waals surface area contributed by atoms with E-state index in [0.29, 0.717) is 63.3 Å². The normalized spacial score (nSPS) is 13.0. The zero-order valence-corrected chi connectivity index (χ0v) is 25.3. The lowest BCUT2D eigenvalue weighted by Gasteiger charge is -2.28. The zero-order chi connectivity index (χ0) is 30.9. The van der Waals surface area contributed by atoms with Gasteiger partial charge in [0, 0.05) is 30.8 Å². The lowest BCUT2D eigenvalue weighted by molar-refractivity contribution is -0.138. The number of fused-ring (bicyclic) bond motifs is 1. The van der Waals surface area contributed by atoms with E-state index < -0.39 is 12.0 Å². The van der Waals surface area contributed by atoms with Crippen LogP contribution in [0.3, 0.4) is 0 Å². The van der Waals surface area contributed by atoms with Crippen molar-refractivity contribution in [2.45, 2.75) is 52.6 Å². The Bertz CT molecular complexity index is 1570. The number of aliphatic carboxylic acids is 1. The first-order chi connectivity index (χ1) is 21.4. The van der Waals surface area contributed by atoms with E-state index in [4.69, 9.17) is 24.7 Å². The molecule has 8 nitrogen and oxygen atoms in total. The molecule has 0 bridgehead atoms. The number of benzene rings is 4. The lowest BCUT2D eigenvalue weighted by Crippen LogP contribution is -2.35. The van der Waals surface area contributed by atoms with E-state index in [9.17, 15) is 9.90 Å². The van der Waals surface area contributed by atoms with Crippen molar-refractivity contribution in [3.63, 3.8) is 0 Å². The molecule has 0 saturated carbocycles. The molecule has 230 valence electrons. The van der Waals surface area contributed by atoms with Crippen LogP contribution in [0.15, 0.2) is 84.9 Å². The molecule has 0 radical (unpaired) electrons. The molecule has 8 heteroatoms. The second-order valence-corrected chi connectivity index (χ2v) is 11.2. The Balaban J connectivity index is 1.40. The minimum absolute atomic E-state index is 0.283. The fraction of sp³-hybridized carbons (Fsp3) is 0.306. The van der Waals surface area contributed by atoms with Gasteiger partial charge in [0.2, 0.25) is 5.75 Å². The van der Waals surface area contributed by atoms with Crippen molar-refractivity contribution in [2.24, 2.45) is 5.73 Å². The van der Waals surface area contributed by atoms with Crippen molar-refractivity contribution in [3.8, 4) is 23.0 Å². The molecular formula is C36H40N2O6. The van der Waals surface area contributed by atoms with Gasteiger partial charge < -0.3 is 29.8 Å². The van der Waals surface area contributed by atoms with Crippen LogP contribution in [-0.4, -0.2) is 41.8 Å². The van der Waals surface area contributed by atoms with Gasteiger partial charge in [-0.3, -0.25) is 9.69 Å². The number of aryl methyl sites for hydroxylation is 2. The average Bonchev–Trinajstić information content (AvgIpc) is 3.02. The molecule has 1 aliphatic heterocycles. The predicted molar refractivity (Wildman–Crippen MR) is 169 cm³/mol. The van der Waals surface area contributed by atoms with Gasteiger partial charge in [-0.05, 0) is 43.5 Å². The van der Waals surface area contributed by atoms with Gasteiger partial charge in [-0.1, -0.05) is 83.9 Å². The Labute approximate surface area is 258 Å². The number of para-hydroxylation sites is 1. The van der Waals surface area contributed by atoms with Gasteiger partial charge in [0.25, 0.3) is 0 Å². The minimum atomic E-state index is -1.02. The van der Waals surface area contributed by atoms with Crippen LogP contribution in [0.4, 0.5) is 0 Å². The minimum Gasteiger partial charge on any atom is -0.489 e. The van der Waals surface area contributed by atoms with Crippen molar-refractivity contribution in [3.05, 3.63) is 118 Å². The van der Waals surface area contributed by atoms with Crippen LogP contribution in [0.25, 0.3) is 0 Å². The first-order valence-corrected chi connectivity index (χ1v) is 14.9. The van der Waals surface area contributed by atoms with Crippen LogP contribution >= 0.6 is 0 Å². The molecule has 3 N–H and O–H groups in total. The van der Waals surface area contributed by atoms with Gasteiger partial charge in [-0.25, -0.2) is 0 Å². The number of hydrogen-bond donors (Lipinski definition) is 2. The van der Waals surface area contributed by atoms with Gasteiger partial charge in [0.15, 0.2) is 11.5 Å². The highest BCUT2D eigenvalue weighted by Gasteiger charge is 2.24. The molecule has 0 aromatic heterocycles. The highest BCUT2D eigenvalue weighted by molar-refractivity contribution is 5.73. The molecule has 1 atom stereocenters. The van der Waals surface area contributed by atoms with E-state index >= 15 is 0 Å². The highest BCUT2D eigenvalue weighted by atomic mass is 16.6. The van der Waals surface area contributed by atoms with Gasteiger partial charge in [0.05, 0.1) is 0 Å². The number of hydrogen-bond acceptors (Lipinski definition) is 7. The fourth-order valence-corrected chi connectivity index (χ4v) is 5.25. The summed E-state index contributed by atoms with van der Waals surface area (Å²) in [6.07, 6.45) is 0.283. The second-order valence-electron chi connectivity index (χ2n) is 11.2. The number of carboxylic acid groups (broad SMARTS) is 1. The number of ether oxygens (including phenoxy) is 4. The largest absolute Gasteiger partial charge is 0.489 e. The quantitative estimate of drug-likeness (QED) is 0.182. The molecule has 0 saturated heterocycles. The first-order valence-electron chi connectivity index (χ1n) is 14.9. The summed E-state index contributed by atoms with van der Waals surface area (Å²) in [4.78, 5) is 13.7. The summed E-state index contributed by atoms with van der Waals surface area (Å²) >= 11 is 0. The Morgan fingerprint density at radius 1 is 0.841 bits per heavy atom. The van der Waals surface area contributed by atoms with Crippen molar-refractivity contribution >= 4 is 5.97 Å². The van der Waals surface area contributed by atoms with Gasteiger partial charge in [0.1, 0.15) is 38.2 Å². The van der Waals surface area contributed by atoms with Crippen LogP contribution in [0, 0.1) is 13.8 Å². The van der Waals surface area contributed by atoms with Crippen LogP contribution < -0.4 is 24.7 Å². The Morgan fingerprint density at radius 2 is 1.50 bits per heavy atom. The Morgan fingerprint density at radius 3 is 2.20 bits per heavy atom. The van der Waals surface area contributed by atoms with E-state index in [-0.39, 0.29) is 6.42 Å². The van der Waals surface area contributed by atoms with Crippen molar-refractivity contribution in [2.75, 3.05) is 19.8 Å². The SMILES string of the molecule is Cc1cccc(COc2ccccc2CN(CC[C@H](N)C(=O)O)Cc2ccc3c(c2OCc2cccc(C)c2)OCCO3)c1. The third kappa shape index (κ3) is 8.30. The van der Waals surface area contributed by atoms with Crippen LogP contribution in [0.5, 0.6) is 23.0 Å². The van der Waals surface area contributed by atoms with E-state index in [2.05, 4.69) is 49.1 Å². The second kappa shape index (κ2) is 14.8. The Kier molecular flexibility index (Phi) is 10.4. The van der Waals surface area contributed by atoms with Crippen LogP contribution in [0.2, 0.25) is 0 Å². The van der Waals surface area contributed by atoms with E-state index in [1.165, 1.54) is 5.56 Å². The summed E-state index contributed by atoms with van der Waals surface area (Å²) in [6, 6.07) is 27.3. The predicted octanol–water partition coefficient (Wildman–Crippen LogP) is 6.04. The molecule has 44 heavy (non-hydrogen) atoms. The monoisotopic (exact) mass is 596 g/mol. The smallest absolute Gasteiger partial charge is 0.320 e. The maximum absolute atomic E-state index is 11.6. The van der Waals surface area contributed by atoms with E-state index in [1.807, 2.05) is 54.6 Å². The molecule has 1 aliphatic rings. The number of nitrogens with zero attached hydrogens (tertiary/aromatic N) is 1. The molecule has 0 amide bonds. The van der Waals surface area contributed by atoms with Gasteiger partial charge in [-0.2, -0.15) is 0 Å². The number of carboxylic acids is 1. The maximum atomic E-state index is 11.6. The lowest BCUT2D eigenvalue weighted by atomic mass is 10.1. The zero-order valence-electron chi connectivity index (χ0n) is 25.3. The third-order valence-corrected chi connectivity index (χ3v) is 7.52. The summed E-state index contributed by atoms with van der Waals surface area (Å²) in [5.74, 6) is 1.62. The molecule has 0 spiro atoms. The van der Waals surface area contributed by atoms with Crippen molar-refractivity contribution in [1.82, 2.24) is 4.90 Å². The van der Waals surface area contributed by atoms with Gasteiger partial charge in [-0.15, -0.1) is 0 Å². The summed E-state index contributed by atoms with van der Waals surface area (Å²) in [6.45, 7) is 7.27. The number of carbonyl (C=O) groups is 1. The molecule has 0 fully saturated rings. The van der Waals surface area contributed by atoms with Crippen molar-refractivity contribution < 1.29 is 28.8 Å². The summed E-state index contributed by atoms with van der Waals surface area (Å²) in [5.41, 5.74) is 12.3. The van der Waals surface area contributed by atoms with E-state index in [1.54, 1.807) is 0 Å². The third-order valence-electron chi connectivity index (χ3n) is 7.52. The maximum Gasteiger partial charge on any atom is 0.320 e. The average molecular weight is 597 g/mol. The summed E-state index contributed by atoms with van der Waals surface area (Å²) in [7, 11) is 0. The van der Waals surface area contributed by atoms with Crippen molar-refractivity contribution in [1.29, 1.82) is 0 Å². The molecule has 4 aromatic carbocycles. The number of nitrogens with two attached hydrogens (primary N) is 1. The molecular weight excluding hydrogens is 556 g/mol.